The van der Waals surface area contributed by atoms with Crippen LogP contribution in [0.2, 0.25) is 0 Å². The molecule has 4 heterocycles. The third-order valence-electron chi connectivity index (χ3n) is 10.9. The van der Waals surface area contributed by atoms with Crippen molar-refractivity contribution >= 4 is 28.6 Å². The van der Waals surface area contributed by atoms with E-state index in [0.29, 0.717) is 35.0 Å². The number of halogens is 3. The van der Waals surface area contributed by atoms with Crippen molar-refractivity contribution < 1.29 is 32.2 Å². The van der Waals surface area contributed by atoms with E-state index in [4.69, 9.17) is 14.6 Å². The molecule has 2 aromatic heterocycles. The summed E-state index contributed by atoms with van der Waals surface area (Å²) in [5.74, 6) is 0.231. The number of carbonyl (C=O) groups excluding carboxylic acids is 2. The van der Waals surface area contributed by atoms with Gasteiger partial charge in [0.2, 0.25) is 0 Å². The summed E-state index contributed by atoms with van der Waals surface area (Å²) in [7, 11) is 3.75. The number of benzene rings is 1. The first-order valence-corrected chi connectivity index (χ1v) is 18.5. The number of pyridine rings is 1. The first-order valence-electron chi connectivity index (χ1n) is 18.5. The molecule has 0 unspecified atom stereocenters. The van der Waals surface area contributed by atoms with Crippen molar-refractivity contribution in [1.82, 2.24) is 29.5 Å². The van der Waals surface area contributed by atoms with Crippen LogP contribution in [0, 0.1) is 5.92 Å². The normalized spacial score (nSPS) is 21.4. The highest BCUT2D eigenvalue weighted by atomic mass is 19.4. The third-order valence-corrected chi connectivity index (χ3v) is 10.9. The summed E-state index contributed by atoms with van der Waals surface area (Å²) in [5.41, 5.74) is -0.884. The second kappa shape index (κ2) is 15.6. The Hall–Kier alpha value is -3.91. The van der Waals surface area contributed by atoms with Gasteiger partial charge in [0.15, 0.2) is 0 Å². The number of carbonyl (C=O) groups is 2. The number of aromatic nitrogens is 3. The molecule has 3 aliphatic rings. The second-order valence-electron chi connectivity index (χ2n) is 15.7. The number of ether oxygens (including phenoxy) is 2. The zero-order valence-electron chi connectivity index (χ0n) is 30.9. The minimum absolute atomic E-state index is 0.199. The molecule has 1 N–H and O–H groups in total. The molecule has 0 spiro atoms. The number of likely N-dealkylation sites (tertiary alicyclic amines) is 2. The van der Waals surface area contributed by atoms with E-state index < -0.39 is 23.4 Å². The van der Waals surface area contributed by atoms with E-state index >= 15 is 0 Å². The Morgan fingerprint density at radius 1 is 0.942 bits per heavy atom. The van der Waals surface area contributed by atoms with Gasteiger partial charge in [-0.15, -0.1) is 0 Å². The Kier molecular flexibility index (Phi) is 11.3. The molecular formula is C38H52F3N7O4. The minimum Gasteiger partial charge on any atom is -0.494 e. The van der Waals surface area contributed by atoms with Crippen molar-refractivity contribution in [3.8, 4) is 5.75 Å². The monoisotopic (exact) mass is 727 g/mol. The zero-order valence-corrected chi connectivity index (χ0v) is 30.9. The van der Waals surface area contributed by atoms with E-state index in [1.807, 2.05) is 36.5 Å². The molecule has 1 aromatic carbocycles. The van der Waals surface area contributed by atoms with Gasteiger partial charge in [-0.2, -0.15) is 18.3 Å². The fourth-order valence-electron chi connectivity index (χ4n) is 8.01. The molecule has 3 aromatic rings. The molecule has 0 radical (unpaired) electrons. The molecule has 3 fully saturated rings. The summed E-state index contributed by atoms with van der Waals surface area (Å²) < 4.78 is 52.5. The van der Waals surface area contributed by atoms with Crippen LogP contribution < -0.4 is 10.1 Å². The molecule has 14 heteroatoms. The number of rotatable bonds is 8. The summed E-state index contributed by atoms with van der Waals surface area (Å²) in [6.07, 6.45) is 5.74. The zero-order chi connectivity index (χ0) is 37.2. The largest absolute Gasteiger partial charge is 0.494 e. The summed E-state index contributed by atoms with van der Waals surface area (Å²) in [4.78, 5) is 35.9. The summed E-state index contributed by atoms with van der Waals surface area (Å²) in [6, 6.07) is 8.09. The van der Waals surface area contributed by atoms with Gasteiger partial charge in [-0.25, -0.2) is 9.78 Å². The predicted octanol–water partition coefficient (Wildman–Crippen LogP) is 7.24. The summed E-state index contributed by atoms with van der Waals surface area (Å²) in [6.45, 7) is 10.5. The Balaban J connectivity index is 0.968. The van der Waals surface area contributed by atoms with Crippen LogP contribution in [-0.2, 0) is 10.9 Å². The number of hydrogen-bond acceptors (Lipinski definition) is 8. The quantitative estimate of drug-likeness (QED) is 0.259. The molecule has 6 rings (SSSR count). The number of piperidine rings is 2. The highest BCUT2D eigenvalue weighted by Crippen LogP contribution is 2.36. The molecule has 2 saturated heterocycles. The van der Waals surface area contributed by atoms with Gasteiger partial charge < -0.3 is 29.5 Å². The van der Waals surface area contributed by atoms with Gasteiger partial charge in [0.05, 0.1) is 24.4 Å². The van der Waals surface area contributed by atoms with Crippen LogP contribution in [0.15, 0.2) is 36.5 Å². The predicted molar refractivity (Wildman–Crippen MR) is 193 cm³/mol. The van der Waals surface area contributed by atoms with E-state index in [1.54, 1.807) is 12.1 Å². The van der Waals surface area contributed by atoms with Crippen LogP contribution >= 0.6 is 0 Å². The fourth-order valence-corrected chi connectivity index (χ4v) is 8.01. The summed E-state index contributed by atoms with van der Waals surface area (Å²) in [5, 5.41) is 8.30. The van der Waals surface area contributed by atoms with Gasteiger partial charge in [0, 0.05) is 49.4 Å². The number of anilines is 1. The Morgan fingerprint density at radius 2 is 1.63 bits per heavy atom. The van der Waals surface area contributed by atoms with E-state index in [1.165, 1.54) is 26.0 Å². The van der Waals surface area contributed by atoms with Crippen molar-refractivity contribution in [1.29, 1.82) is 0 Å². The van der Waals surface area contributed by atoms with Crippen LogP contribution in [0.3, 0.4) is 0 Å². The molecule has 0 bridgehead atoms. The topological polar surface area (TPSA) is 105 Å². The van der Waals surface area contributed by atoms with E-state index in [-0.39, 0.29) is 17.8 Å². The molecule has 11 nitrogen and oxygen atoms in total. The maximum absolute atomic E-state index is 13.1. The lowest BCUT2D eigenvalue weighted by Gasteiger charge is -2.44. The number of nitrogens with one attached hydrogen (secondary N) is 1. The van der Waals surface area contributed by atoms with Crippen molar-refractivity contribution in [2.24, 2.45) is 5.92 Å². The first kappa shape index (κ1) is 37.8. The lowest BCUT2D eigenvalue weighted by molar-refractivity contribution is -0.141. The van der Waals surface area contributed by atoms with Gasteiger partial charge in [-0.3, -0.25) is 9.48 Å². The van der Waals surface area contributed by atoms with Gasteiger partial charge in [0.25, 0.3) is 5.91 Å². The number of fused-ring (bicyclic) bond motifs is 1. The Labute approximate surface area is 303 Å². The SMILES string of the molecule is COc1cc2nn([C@H]3CC[C@H](CN(C)C4CCN(C5CCN(C(=O)OC(C)(C)C)CC5)CC4)CC3)cc2cc1NC(=O)c1cccc(C(F)(F)F)n1. The molecule has 2 amide bonds. The highest BCUT2D eigenvalue weighted by molar-refractivity contribution is 6.05. The fraction of sp³-hybridized carbons (Fsp3) is 0.632. The first-order chi connectivity index (χ1) is 24.7. The van der Waals surface area contributed by atoms with Gasteiger partial charge in [-0.05, 0) is 116 Å². The van der Waals surface area contributed by atoms with Crippen molar-refractivity contribution in [3.05, 3.63) is 47.9 Å². The van der Waals surface area contributed by atoms with Gasteiger partial charge in [-0.1, -0.05) is 6.07 Å². The standard InChI is InChI=1S/C38H52F3N7O4/c1-37(2,3)52-36(50)47-19-15-28(16-20-47)46-17-13-27(14-18-46)45(4)23-25-9-11-29(12-10-25)48-24-26-21-32(33(51-5)22-31(26)44-48)43-35(49)30-7-6-8-34(42-30)38(39,40)41/h6-8,21-22,24-25,27-29H,9-20,23H2,1-5H3,(H,43,49)/t25-,29-. The molecule has 52 heavy (non-hydrogen) atoms. The average molecular weight is 728 g/mol. The van der Waals surface area contributed by atoms with Crippen LogP contribution in [0.5, 0.6) is 5.75 Å². The minimum atomic E-state index is -4.65. The van der Waals surface area contributed by atoms with Crippen LogP contribution in [-0.4, -0.2) is 106 Å². The number of nitrogens with zero attached hydrogens (tertiary/aromatic N) is 6. The average Bonchev–Trinajstić information content (AvgIpc) is 3.53. The van der Waals surface area contributed by atoms with Crippen LogP contribution in [0.4, 0.5) is 23.7 Å². The molecule has 1 saturated carbocycles. The van der Waals surface area contributed by atoms with E-state index in [9.17, 15) is 22.8 Å². The molecule has 1 aliphatic carbocycles. The Bertz CT molecular complexity index is 1700. The van der Waals surface area contributed by atoms with Crippen LogP contribution in [0.25, 0.3) is 10.9 Å². The molecule has 284 valence electrons. The van der Waals surface area contributed by atoms with Gasteiger partial charge in [0.1, 0.15) is 22.7 Å². The number of hydrogen-bond donors (Lipinski definition) is 1. The molecule has 0 atom stereocenters. The number of alkyl halides is 3. The lowest BCUT2D eigenvalue weighted by atomic mass is 9.85. The Morgan fingerprint density at radius 3 is 2.27 bits per heavy atom. The maximum Gasteiger partial charge on any atom is 0.433 e. The lowest BCUT2D eigenvalue weighted by Crippen LogP contribution is -2.52. The maximum atomic E-state index is 13.1. The highest BCUT2D eigenvalue weighted by Gasteiger charge is 2.34. The molecular weight excluding hydrogens is 675 g/mol. The van der Waals surface area contributed by atoms with Crippen molar-refractivity contribution in [3.63, 3.8) is 0 Å². The third kappa shape index (κ3) is 9.17. The number of amides is 2. The van der Waals surface area contributed by atoms with E-state index in [2.05, 4.69) is 27.1 Å². The van der Waals surface area contributed by atoms with Crippen LogP contribution in [0.1, 0.15) is 94.4 Å². The van der Waals surface area contributed by atoms with Gasteiger partial charge >= 0.3 is 12.3 Å². The van der Waals surface area contributed by atoms with Crippen molar-refractivity contribution in [2.75, 3.05) is 52.2 Å². The number of methoxy groups -OCH3 is 1. The van der Waals surface area contributed by atoms with E-state index in [0.717, 1.165) is 88.8 Å². The van der Waals surface area contributed by atoms with Crippen molar-refractivity contribution in [2.45, 2.75) is 102 Å². The summed E-state index contributed by atoms with van der Waals surface area (Å²) >= 11 is 0. The molecule has 2 aliphatic heterocycles. The smallest absolute Gasteiger partial charge is 0.433 e. The second-order valence-corrected chi connectivity index (χ2v) is 15.7.